The number of aryl methyl sites for hydroxylation is 1. The molecule has 0 fully saturated rings. The van der Waals surface area contributed by atoms with Gasteiger partial charge in [0, 0.05) is 12.7 Å². The van der Waals surface area contributed by atoms with Gasteiger partial charge in [0.25, 0.3) is 0 Å². The first-order chi connectivity index (χ1) is 11.3. The molecular formula is C20H25NO2S. The van der Waals surface area contributed by atoms with E-state index in [9.17, 15) is 8.42 Å². The second kappa shape index (κ2) is 6.25. The maximum absolute atomic E-state index is 13.2. The van der Waals surface area contributed by atoms with Gasteiger partial charge < -0.3 is 0 Å². The van der Waals surface area contributed by atoms with Gasteiger partial charge in [0.05, 0.1) is 0 Å². The highest BCUT2D eigenvalue weighted by atomic mass is 32.2. The topological polar surface area (TPSA) is 37.4 Å². The summed E-state index contributed by atoms with van der Waals surface area (Å²) in [5, 5.41) is 0. The number of hydrogen-bond acceptors (Lipinski definition) is 2. The number of benzene rings is 1. The Morgan fingerprint density at radius 3 is 2.75 bits per heavy atom. The summed E-state index contributed by atoms with van der Waals surface area (Å²) in [6.07, 6.45) is 8.66. The van der Waals surface area contributed by atoms with Crippen LogP contribution in [-0.2, 0) is 10.0 Å². The van der Waals surface area contributed by atoms with Crippen LogP contribution in [0.4, 0.5) is 0 Å². The molecule has 1 aliphatic carbocycles. The quantitative estimate of drug-likeness (QED) is 0.762. The molecule has 1 aromatic carbocycles. The fraction of sp³-hybridized carbons (Fsp3) is 0.400. The van der Waals surface area contributed by atoms with Gasteiger partial charge >= 0.3 is 0 Å². The van der Waals surface area contributed by atoms with Crippen LogP contribution >= 0.6 is 0 Å². The summed E-state index contributed by atoms with van der Waals surface area (Å²) >= 11 is 0. The molecule has 0 spiro atoms. The molecule has 128 valence electrons. The third-order valence-corrected chi connectivity index (χ3v) is 7.19. The number of nitrogens with zero attached hydrogens (tertiary/aromatic N) is 1. The van der Waals surface area contributed by atoms with Crippen molar-refractivity contribution in [2.45, 2.75) is 44.3 Å². The highest BCUT2D eigenvalue weighted by molar-refractivity contribution is 7.90. The van der Waals surface area contributed by atoms with Crippen LogP contribution in [0.2, 0.25) is 0 Å². The third-order valence-electron chi connectivity index (χ3n) is 4.83. The number of allylic oxidation sites excluding steroid dienone is 3. The average Bonchev–Trinajstić information content (AvgIpc) is 2.55. The highest BCUT2D eigenvalue weighted by Gasteiger charge is 2.43. The van der Waals surface area contributed by atoms with Crippen molar-refractivity contribution in [1.82, 2.24) is 4.31 Å². The fourth-order valence-corrected chi connectivity index (χ4v) is 5.42. The summed E-state index contributed by atoms with van der Waals surface area (Å²) in [4.78, 5) is 0. The van der Waals surface area contributed by atoms with E-state index in [1.54, 1.807) is 6.20 Å². The maximum Gasteiger partial charge on any atom is 0.244 e. The Morgan fingerprint density at radius 1 is 1.29 bits per heavy atom. The summed E-state index contributed by atoms with van der Waals surface area (Å²) in [5.41, 5.74) is 4.29. The van der Waals surface area contributed by atoms with Crippen LogP contribution in [0.15, 0.2) is 54.8 Å². The standard InChI is InChI=1S/C20H25NO2S/c1-16-8-7-9-18(12-16)19-13-17(2)14-20(3,15-19)24(22,23)21-10-5-4-6-11-21/h5,7-10,12,15H,2,4,6,11,13-14H2,1,3H3. The molecule has 3 nitrogen and oxygen atoms in total. The van der Waals surface area contributed by atoms with Gasteiger partial charge in [-0.1, -0.05) is 54.1 Å². The zero-order chi connectivity index (χ0) is 17.4. The van der Waals surface area contributed by atoms with Crippen LogP contribution in [-0.4, -0.2) is 24.0 Å². The second-order valence-corrected chi connectivity index (χ2v) is 9.45. The Morgan fingerprint density at radius 2 is 2.08 bits per heavy atom. The molecule has 0 radical (unpaired) electrons. The molecule has 1 heterocycles. The molecule has 4 heteroatoms. The zero-order valence-electron chi connectivity index (χ0n) is 14.5. The minimum Gasteiger partial charge on any atom is -0.277 e. The van der Waals surface area contributed by atoms with Gasteiger partial charge in [-0.05, 0) is 50.7 Å². The van der Waals surface area contributed by atoms with Gasteiger partial charge in [0.1, 0.15) is 4.75 Å². The molecule has 1 atom stereocenters. The van der Waals surface area contributed by atoms with E-state index in [1.165, 1.54) is 9.87 Å². The minimum atomic E-state index is -3.46. The number of hydrogen-bond donors (Lipinski definition) is 0. The molecule has 0 saturated carbocycles. The summed E-state index contributed by atoms with van der Waals surface area (Å²) in [7, 11) is -3.46. The Kier molecular flexibility index (Phi) is 4.43. The van der Waals surface area contributed by atoms with Crippen LogP contribution in [0, 0.1) is 6.92 Å². The SMILES string of the molecule is C=C1CC(c2cccc(C)c2)=CC(C)(S(=O)(=O)N2C=CCCC2)C1. The molecule has 1 unspecified atom stereocenters. The zero-order valence-corrected chi connectivity index (χ0v) is 15.3. The Bertz CT molecular complexity index is 820. The molecule has 0 amide bonds. The number of rotatable bonds is 3. The predicted molar refractivity (Wildman–Crippen MR) is 99.9 cm³/mol. The van der Waals surface area contributed by atoms with Gasteiger partial charge in [0.2, 0.25) is 10.0 Å². The summed E-state index contributed by atoms with van der Waals surface area (Å²) < 4.78 is 27.1. The van der Waals surface area contributed by atoms with Gasteiger partial charge in [-0.25, -0.2) is 8.42 Å². The van der Waals surface area contributed by atoms with E-state index in [-0.39, 0.29) is 0 Å². The van der Waals surface area contributed by atoms with Crippen molar-refractivity contribution in [3.05, 3.63) is 65.9 Å². The Labute approximate surface area is 145 Å². The van der Waals surface area contributed by atoms with Crippen LogP contribution in [0.1, 0.15) is 43.7 Å². The van der Waals surface area contributed by atoms with E-state index in [2.05, 4.69) is 25.6 Å². The van der Waals surface area contributed by atoms with Crippen molar-refractivity contribution >= 4 is 15.6 Å². The molecular weight excluding hydrogens is 318 g/mol. The van der Waals surface area contributed by atoms with Crippen LogP contribution in [0.25, 0.3) is 5.57 Å². The first kappa shape index (κ1) is 17.0. The van der Waals surface area contributed by atoms with Gasteiger partial charge in [-0.3, -0.25) is 4.31 Å². The lowest BCUT2D eigenvalue weighted by atomic mass is 9.84. The van der Waals surface area contributed by atoms with Crippen molar-refractivity contribution in [3.8, 4) is 0 Å². The molecule has 3 rings (SSSR count). The first-order valence-electron chi connectivity index (χ1n) is 8.45. The number of sulfonamides is 1. The summed E-state index contributed by atoms with van der Waals surface area (Å²) in [6, 6.07) is 8.22. The van der Waals surface area contributed by atoms with Crippen molar-refractivity contribution in [2.24, 2.45) is 0 Å². The lowest BCUT2D eigenvalue weighted by molar-refractivity contribution is 0.452. The van der Waals surface area contributed by atoms with E-state index in [0.29, 0.717) is 13.0 Å². The smallest absolute Gasteiger partial charge is 0.244 e. The Balaban J connectivity index is 2.05. The molecule has 0 aromatic heterocycles. The molecule has 2 aliphatic rings. The largest absolute Gasteiger partial charge is 0.277 e. The second-order valence-electron chi connectivity index (χ2n) is 7.10. The lowest BCUT2D eigenvalue weighted by Gasteiger charge is -2.37. The van der Waals surface area contributed by atoms with Crippen molar-refractivity contribution in [2.75, 3.05) is 6.54 Å². The van der Waals surface area contributed by atoms with Crippen LogP contribution in [0.5, 0.6) is 0 Å². The van der Waals surface area contributed by atoms with E-state index >= 15 is 0 Å². The lowest BCUT2D eigenvalue weighted by Crippen LogP contribution is -2.45. The van der Waals surface area contributed by atoms with Crippen molar-refractivity contribution < 1.29 is 8.42 Å². The highest BCUT2D eigenvalue weighted by Crippen LogP contribution is 2.41. The predicted octanol–water partition coefficient (Wildman–Crippen LogP) is 4.43. The van der Waals surface area contributed by atoms with Crippen LogP contribution in [0.3, 0.4) is 0 Å². The van der Waals surface area contributed by atoms with Gasteiger partial charge in [0.15, 0.2) is 0 Å². The molecule has 0 N–H and O–H groups in total. The first-order valence-corrected chi connectivity index (χ1v) is 9.89. The summed E-state index contributed by atoms with van der Waals surface area (Å²) in [5.74, 6) is 0. The van der Waals surface area contributed by atoms with E-state index < -0.39 is 14.8 Å². The fourth-order valence-electron chi connectivity index (χ4n) is 3.59. The molecule has 24 heavy (non-hydrogen) atoms. The molecule has 0 saturated heterocycles. The molecule has 1 aliphatic heterocycles. The van der Waals surface area contributed by atoms with E-state index in [1.807, 2.05) is 31.2 Å². The maximum atomic E-state index is 13.2. The van der Waals surface area contributed by atoms with E-state index in [0.717, 1.165) is 36.0 Å². The van der Waals surface area contributed by atoms with Gasteiger partial charge in [-0.15, -0.1) is 0 Å². The van der Waals surface area contributed by atoms with Crippen molar-refractivity contribution in [1.29, 1.82) is 0 Å². The van der Waals surface area contributed by atoms with E-state index in [4.69, 9.17) is 0 Å². The molecule has 1 aromatic rings. The minimum absolute atomic E-state index is 0.481. The normalized spacial score (nSPS) is 24.8. The average molecular weight is 343 g/mol. The molecule has 0 bridgehead atoms. The van der Waals surface area contributed by atoms with Gasteiger partial charge in [-0.2, -0.15) is 0 Å². The van der Waals surface area contributed by atoms with Crippen molar-refractivity contribution in [3.63, 3.8) is 0 Å². The Hall–Kier alpha value is -1.81. The monoisotopic (exact) mass is 343 g/mol. The summed E-state index contributed by atoms with van der Waals surface area (Å²) in [6.45, 7) is 8.56. The van der Waals surface area contributed by atoms with Crippen LogP contribution < -0.4 is 0 Å². The third kappa shape index (κ3) is 3.07.